The van der Waals surface area contributed by atoms with Crippen LogP contribution in [0, 0.1) is 0 Å². The summed E-state index contributed by atoms with van der Waals surface area (Å²) in [5, 5.41) is 3.35. The molecule has 1 N–H and O–H groups in total. The molecular weight excluding hydrogens is 190 g/mol. The lowest BCUT2D eigenvalue weighted by Crippen LogP contribution is -2.45. The van der Waals surface area contributed by atoms with Crippen molar-refractivity contribution in [1.29, 1.82) is 0 Å². The molecule has 0 aromatic rings. The standard InChI is InChI=1S/C12H21NO2/c1-10-7-13-8-12(15-10)9-14-11-5-3-2-4-6-11/h3,5,10-13H,2,4,6-9H2,1H3. The minimum absolute atomic E-state index is 0.226. The summed E-state index contributed by atoms with van der Waals surface area (Å²) in [7, 11) is 0. The van der Waals surface area contributed by atoms with Crippen LogP contribution in [0.1, 0.15) is 26.2 Å². The van der Waals surface area contributed by atoms with Crippen molar-refractivity contribution in [1.82, 2.24) is 5.32 Å². The molecule has 0 saturated carbocycles. The molecule has 1 fully saturated rings. The quantitative estimate of drug-likeness (QED) is 0.717. The van der Waals surface area contributed by atoms with Gasteiger partial charge in [0.1, 0.15) is 0 Å². The van der Waals surface area contributed by atoms with Crippen LogP contribution in [0.3, 0.4) is 0 Å². The monoisotopic (exact) mass is 211 g/mol. The van der Waals surface area contributed by atoms with Crippen LogP contribution in [-0.2, 0) is 9.47 Å². The summed E-state index contributed by atoms with van der Waals surface area (Å²) in [6, 6.07) is 0. The highest BCUT2D eigenvalue weighted by molar-refractivity contribution is 4.94. The number of hydrogen-bond donors (Lipinski definition) is 1. The maximum Gasteiger partial charge on any atom is 0.0937 e. The highest BCUT2D eigenvalue weighted by Gasteiger charge is 2.20. The van der Waals surface area contributed by atoms with Crippen molar-refractivity contribution in [3.05, 3.63) is 12.2 Å². The molecule has 0 aromatic heterocycles. The van der Waals surface area contributed by atoms with Crippen molar-refractivity contribution in [2.75, 3.05) is 19.7 Å². The van der Waals surface area contributed by atoms with E-state index in [1.807, 2.05) is 0 Å². The molecule has 3 unspecified atom stereocenters. The van der Waals surface area contributed by atoms with E-state index in [-0.39, 0.29) is 6.10 Å². The molecule has 2 rings (SSSR count). The Morgan fingerprint density at radius 3 is 3.13 bits per heavy atom. The summed E-state index contributed by atoms with van der Waals surface area (Å²) < 4.78 is 11.6. The molecule has 86 valence electrons. The topological polar surface area (TPSA) is 30.5 Å². The fraction of sp³-hybridized carbons (Fsp3) is 0.833. The zero-order valence-electron chi connectivity index (χ0n) is 9.45. The third kappa shape index (κ3) is 3.59. The van der Waals surface area contributed by atoms with Gasteiger partial charge >= 0.3 is 0 Å². The summed E-state index contributed by atoms with van der Waals surface area (Å²) in [6.07, 6.45) is 8.88. The van der Waals surface area contributed by atoms with Crippen molar-refractivity contribution >= 4 is 0 Å². The van der Waals surface area contributed by atoms with Crippen molar-refractivity contribution in [2.45, 2.75) is 44.5 Å². The number of ether oxygens (including phenoxy) is 2. The number of nitrogens with one attached hydrogen (secondary N) is 1. The van der Waals surface area contributed by atoms with Gasteiger partial charge in [-0.05, 0) is 26.2 Å². The van der Waals surface area contributed by atoms with Gasteiger partial charge in [-0.25, -0.2) is 0 Å². The first-order chi connectivity index (χ1) is 7.34. The summed E-state index contributed by atoms with van der Waals surface area (Å²) in [4.78, 5) is 0. The van der Waals surface area contributed by atoms with Crippen LogP contribution in [0.25, 0.3) is 0 Å². The summed E-state index contributed by atoms with van der Waals surface area (Å²) >= 11 is 0. The number of hydrogen-bond acceptors (Lipinski definition) is 3. The van der Waals surface area contributed by atoms with E-state index < -0.39 is 0 Å². The Balaban J connectivity index is 1.68. The van der Waals surface area contributed by atoms with Crippen LogP contribution in [0.5, 0.6) is 0 Å². The van der Waals surface area contributed by atoms with Gasteiger partial charge in [-0.15, -0.1) is 0 Å². The second-order valence-corrected chi connectivity index (χ2v) is 4.46. The van der Waals surface area contributed by atoms with Crippen molar-refractivity contribution in [2.24, 2.45) is 0 Å². The molecule has 0 radical (unpaired) electrons. The molecular formula is C12H21NO2. The zero-order chi connectivity index (χ0) is 10.5. The lowest BCUT2D eigenvalue weighted by atomic mass is 10.1. The molecule has 1 heterocycles. The Kier molecular flexibility index (Phi) is 4.18. The first-order valence-corrected chi connectivity index (χ1v) is 5.99. The molecule has 1 aliphatic carbocycles. The molecule has 15 heavy (non-hydrogen) atoms. The Morgan fingerprint density at radius 1 is 1.47 bits per heavy atom. The van der Waals surface area contributed by atoms with Crippen molar-refractivity contribution in [3.63, 3.8) is 0 Å². The van der Waals surface area contributed by atoms with Gasteiger partial charge in [-0.2, -0.15) is 0 Å². The zero-order valence-corrected chi connectivity index (χ0v) is 9.45. The van der Waals surface area contributed by atoms with Gasteiger partial charge in [0.2, 0.25) is 0 Å². The summed E-state index contributed by atoms with van der Waals surface area (Å²) in [6.45, 7) is 4.69. The Hall–Kier alpha value is -0.380. The SMILES string of the molecule is CC1CNCC(COC2C=CCCC2)O1. The van der Waals surface area contributed by atoms with Gasteiger partial charge in [-0.3, -0.25) is 0 Å². The minimum Gasteiger partial charge on any atom is -0.371 e. The predicted octanol–water partition coefficient (Wildman–Crippen LogP) is 1.49. The second kappa shape index (κ2) is 5.64. The number of rotatable bonds is 3. The van der Waals surface area contributed by atoms with Gasteiger partial charge in [0, 0.05) is 13.1 Å². The first-order valence-electron chi connectivity index (χ1n) is 5.99. The molecule has 1 saturated heterocycles. The van der Waals surface area contributed by atoms with Gasteiger partial charge in [0.05, 0.1) is 24.9 Å². The second-order valence-electron chi connectivity index (χ2n) is 4.46. The highest BCUT2D eigenvalue weighted by Crippen LogP contribution is 2.14. The lowest BCUT2D eigenvalue weighted by Gasteiger charge is -2.29. The van der Waals surface area contributed by atoms with Gasteiger partial charge in [-0.1, -0.05) is 12.2 Å². The maximum atomic E-state index is 5.82. The minimum atomic E-state index is 0.226. The Bertz CT molecular complexity index is 218. The van der Waals surface area contributed by atoms with Crippen LogP contribution in [-0.4, -0.2) is 38.0 Å². The average molecular weight is 211 g/mol. The van der Waals surface area contributed by atoms with Crippen molar-refractivity contribution < 1.29 is 9.47 Å². The van der Waals surface area contributed by atoms with Crippen LogP contribution in [0.4, 0.5) is 0 Å². The van der Waals surface area contributed by atoms with E-state index in [0.29, 0.717) is 18.8 Å². The van der Waals surface area contributed by atoms with E-state index in [2.05, 4.69) is 24.4 Å². The van der Waals surface area contributed by atoms with Crippen LogP contribution >= 0.6 is 0 Å². The van der Waals surface area contributed by atoms with Gasteiger partial charge < -0.3 is 14.8 Å². The molecule has 0 amide bonds. The third-order valence-electron chi connectivity index (χ3n) is 2.93. The van der Waals surface area contributed by atoms with E-state index in [4.69, 9.17) is 9.47 Å². The molecule has 0 aromatic carbocycles. The molecule has 0 bridgehead atoms. The molecule has 3 nitrogen and oxygen atoms in total. The predicted molar refractivity (Wildman–Crippen MR) is 59.9 cm³/mol. The maximum absolute atomic E-state index is 5.82. The highest BCUT2D eigenvalue weighted by atomic mass is 16.5. The number of allylic oxidation sites excluding steroid dienone is 1. The normalized spacial score (nSPS) is 36.7. The fourth-order valence-electron chi connectivity index (χ4n) is 2.12. The fourth-order valence-corrected chi connectivity index (χ4v) is 2.12. The van der Waals surface area contributed by atoms with E-state index >= 15 is 0 Å². The van der Waals surface area contributed by atoms with Crippen LogP contribution in [0.15, 0.2) is 12.2 Å². The molecule has 0 spiro atoms. The lowest BCUT2D eigenvalue weighted by molar-refractivity contribution is -0.0792. The molecule has 2 aliphatic rings. The van der Waals surface area contributed by atoms with Crippen LogP contribution in [0.2, 0.25) is 0 Å². The third-order valence-corrected chi connectivity index (χ3v) is 2.93. The van der Waals surface area contributed by atoms with E-state index in [1.165, 1.54) is 12.8 Å². The summed E-state index contributed by atoms with van der Waals surface area (Å²) in [5.41, 5.74) is 0. The van der Waals surface area contributed by atoms with E-state index in [1.54, 1.807) is 0 Å². The van der Waals surface area contributed by atoms with E-state index in [0.717, 1.165) is 19.5 Å². The van der Waals surface area contributed by atoms with Gasteiger partial charge in [0.25, 0.3) is 0 Å². The average Bonchev–Trinajstić information content (AvgIpc) is 2.28. The van der Waals surface area contributed by atoms with E-state index in [9.17, 15) is 0 Å². The molecule has 1 aliphatic heterocycles. The van der Waals surface area contributed by atoms with Gasteiger partial charge in [0.15, 0.2) is 0 Å². The van der Waals surface area contributed by atoms with Crippen molar-refractivity contribution in [3.8, 4) is 0 Å². The Labute approximate surface area is 91.8 Å². The van der Waals surface area contributed by atoms with Crippen LogP contribution < -0.4 is 5.32 Å². The smallest absolute Gasteiger partial charge is 0.0937 e. The molecule has 3 heteroatoms. The molecule has 3 atom stereocenters. The summed E-state index contributed by atoms with van der Waals surface area (Å²) in [5.74, 6) is 0. The Morgan fingerprint density at radius 2 is 2.40 bits per heavy atom. The number of morpholine rings is 1. The first kappa shape index (κ1) is 11.1. The largest absolute Gasteiger partial charge is 0.371 e.